The molecule has 0 atom stereocenters. The third-order valence-electron chi connectivity index (χ3n) is 4.39. The highest BCUT2D eigenvalue weighted by Gasteiger charge is 2.35. The van der Waals surface area contributed by atoms with Gasteiger partial charge in [0, 0.05) is 30.2 Å². The number of hydrogen-bond donors (Lipinski definition) is 1. The van der Waals surface area contributed by atoms with Crippen molar-refractivity contribution in [2.45, 2.75) is 18.3 Å². The second-order valence-corrected chi connectivity index (χ2v) is 7.14. The van der Waals surface area contributed by atoms with E-state index in [1.165, 1.54) is 5.56 Å². The summed E-state index contributed by atoms with van der Waals surface area (Å²) in [6.45, 7) is 2.06. The molecule has 1 aliphatic heterocycles. The van der Waals surface area contributed by atoms with Gasteiger partial charge in [-0.3, -0.25) is 4.79 Å². The highest BCUT2D eigenvalue weighted by molar-refractivity contribution is 7.08. The number of amides is 1. The Morgan fingerprint density at radius 2 is 2.00 bits per heavy atom. The molecule has 2 aromatic rings. The molecule has 1 fully saturated rings. The van der Waals surface area contributed by atoms with Crippen LogP contribution in [-0.4, -0.2) is 32.3 Å². The Labute approximate surface area is 150 Å². The van der Waals surface area contributed by atoms with Gasteiger partial charge >= 0.3 is 0 Å². The van der Waals surface area contributed by atoms with Crippen molar-refractivity contribution in [2.24, 2.45) is 0 Å². The quantitative estimate of drug-likeness (QED) is 0.850. The van der Waals surface area contributed by atoms with Crippen molar-refractivity contribution in [3.05, 3.63) is 51.7 Å². The van der Waals surface area contributed by atoms with Crippen LogP contribution in [0, 0.1) is 0 Å². The van der Waals surface area contributed by atoms with E-state index >= 15 is 0 Å². The minimum absolute atomic E-state index is 0.00213. The van der Waals surface area contributed by atoms with Gasteiger partial charge < -0.3 is 14.8 Å². The lowest BCUT2D eigenvalue weighted by Gasteiger charge is -2.37. The maximum absolute atomic E-state index is 12.1. The van der Waals surface area contributed by atoms with Crippen LogP contribution in [0.3, 0.4) is 0 Å². The Morgan fingerprint density at radius 3 is 2.67 bits per heavy atom. The lowest BCUT2D eigenvalue weighted by Crippen LogP contribution is -2.45. The van der Waals surface area contributed by atoms with E-state index in [0.29, 0.717) is 17.3 Å². The van der Waals surface area contributed by atoms with Crippen molar-refractivity contribution in [1.29, 1.82) is 0 Å². The van der Waals surface area contributed by atoms with Crippen LogP contribution in [0.25, 0.3) is 0 Å². The number of carbonyl (C=O) groups excluding carboxylic acids is 1. The Kier molecular flexibility index (Phi) is 5.76. The van der Waals surface area contributed by atoms with Gasteiger partial charge in [-0.25, -0.2) is 0 Å². The van der Waals surface area contributed by atoms with Crippen molar-refractivity contribution in [1.82, 2.24) is 5.32 Å². The number of halogens is 1. The average molecular weight is 366 g/mol. The average Bonchev–Trinajstić information content (AvgIpc) is 3.16. The summed E-state index contributed by atoms with van der Waals surface area (Å²) in [5.41, 5.74) is 1.25. The number of carbonyl (C=O) groups is 1. The van der Waals surface area contributed by atoms with Gasteiger partial charge in [0.1, 0.15) is 5.75 Å². The van der Waals surface area contributed by atoms with Crippen LogP contribution in [0.15, 0.2) is 41.1 Å². The molecule has 1 aromatic carbocycles. The molecule has 0 bridgehead atoms. The first-order valence-electron chi connectivity index (χ1n) is 7.93. The second kappa shape index (κ2) is 8.01. The van der Waals surface area contributed by atoms with Gasteiger partial charge in [-0.1, -0.05) is 11.6 Å². The summed E-state index contributed by atoms with van der Waals surface area (Å²) in [6, 6.07) is 9.12. The minimum Gasteiger partial charge on any atom is -0.484 e. The summed E-state index contributed by atoms with van der Waals surface area (Å²) in [7, 11) is 0. The molecule has 24 heavy (non-hydrogen) atoms. The maximum atomic E-state index is 12.1. The normalized spacial score (nSPS) is 16.5. The molecule has 0 aliphatic carbocycles. The molecule has 0 spiro atoms. The van der Waals surface area contributed by atoms with Crippen LogP contribution in [0.4, 0.5) is 0 Å². The fourth-order valence-corrected chi connectivity index (χ4v) is 3.80. The van der Waals surface area contributed by atoms with E-state index in [9.17, 15) is 4.79 Å². The zero-order valence-electron chi connectivity index (χ0n) is 13.3. The molecule has 0 saturated carbocycles. The van der Waals surface area contributed by atoms with Crippen molar-refractivity contribution in [3.63, 3.8) is 0 Å². The standard InChI is InChI=1S/C18H20ClNO3S/c19-15-1-3-16(4-2-15)23-11-17(21)20-13-18(6-8-22-9-7-18)14-5-10-24-12-14/h1-5,10,12H,6-9,11,13H2,(H,20,21). The summed E-state index contributed by atoms with van der Waals surface area (Å²) in [4.78, 5) is 12.1. The minimum atomic E-state index is -0.119. The fraction of sp³-hybridized carbons (Fsp3) is 0.389. The van der Waals surface area contributed by atoms with Gasteiger partial charge in [-0.2, -0.15) is 11.3 Å². The summed E-state index contributed by atoms with van der Waals surface area (Å²) in [5, 5.41) is 7.91. The first-order valence-corrected chi connectivity index (χ1v) is 9.26. The van der Waals surface area contributed by atoms with Crippen molar-refractivity contribution in [2.75, 3.05) is 26.4 Å². The van der Waals surface area contributed by atoms with Crippen molar-refractivity contribution in [3.8, 4) is 5.75 Å². The van der Waals surface area contributed by atoms with Crippen LogP contribution in [0.5, 0.6) is 5.75 Å². The number of benzene rings is 1. The molecule has 4 nitrogen and oxygen atoms in total. The van der Waals surface area contributed by atoms with Gasteiger partial charge in [0.25, 0.3) is 5.91 Å². The van der Waals surface area contributed by atoms with Gasteiger partial charge in [0.2, 0.25) is 0 Å². The Balaban J connectivity index is 1.54. The second-order valence-electron chi connectivity index (χ2n) is 5.92. The Bertz CT molecular complexity index is 651. The Hall–Kier alpha value is -1.56. The Morgan fingerprint density at radius 1 is 1.25 bits per heavy atom. The monoisotopic (exact) mass is 365 g/mol. The molecule has 3 rings (SSSR count). The van der Waals surface area contributed by atoms with Gasteiger partial charge in [0.05, 0.1) is 0 Å². The topological polar surface area (TPSA) is 47.6 Å². The van der Waals surface area contributed by atoms with Crippen LogP contribution in [0.1, 0.15) is 18.4 Å². The zero-order chi connectivity index (χ0) is 16.8. The number of ether oxygens (including phenoxy) is 2. The molecule has 1 aliphatic rings. The van der Waals surface area contributed by atoms with Crippen molar-refractivity contribution >= 4 is 28.8 Å². The van der Waals surface area contributed by atoms with E-state index in [4.69, 9.17) is 21.1 Å². The van der Waals surface area contributed by atoms with E-state index in [2.05, 4.69) is 22.1 Å². The highest BCUT2D eigenvalue weighted by Crippen LogP contribution is 2.35. The largest absolute Gasteiger partial charge is 0.484 e. The van der Waals surface area contributed by atoms with Crippen LogP contribution in [0.2, 0.25) is 5.02 Å². The lowest BCUT2D eigenvalue weighted by atomic mass is 9.75. The SMILES string of the molecule is O=C(COc1ccc(Cl)cc1)NCC1(c2ccsc2)CCOCC1. The molecule has 1 aromatic heterocycles. The number of nitrogens with one attached hydrogen (secondary N) is 1. The summed E-state index contributed by atoms with van der Waals surface area (Å²) >= 11 is 7.52. The predicted octanol–water partition coefficient (Wildman–Crippen LogP) is 3.64. The first kappa shape index (κ1) is 17.3. The molecular formula is C18H20ClNO3S. The van der Waals surface area contributed by atoms with Gasteiger partial charge in [0.15, 0.2) is 6.61 Å². The summed E-state index contributed by atoms with van der Waals surface area (Å²) in [6.07, 6.45) is 1.84. The van der Waals surface area contributed by atoms with Gasteiger partial charge in [-0.05, 0) is 59.5 Å². The molecule has 0 unspecified atom stereocenters. The lowest BCUT2D eigenvalue weighted by molar-refractivity contribution is -0.123. The van der Waals surface area contributed by atoms with E-state index in [-0.39, 0.29) is 17.9 Å². The molecular weight excluding hydrogens is 346 g/mol. The molecule has 2 heterocycles. The molecule has 1 saturated heterocycles. The van der Waals surface area contributed by atoms with Crippen molar-refractivity contribution < 1.29 is 14.3 Å². The number of hydrogen-bond acceptors (Lipinski definition) is 4. The summed E-state index contributed by atoms with van der Waals surface area (Å²) < 4.78 is 11.0. The third kappa shape index (κ3) is 4.29. The molecule has 128 valence electrons. The third-order valence-corrected chi connectivity index (χ3v) is 5.33. The summed E-state index contributed by atoms with van der Waals surface area (Å²) in [5.74, 6) is 0.513. The van der Waals surface area contributed by atoms with Crippen LogP contribution < -0.4 is 10.1 Å². The van der Waals surface area contributed by atoms with E-state index < -0.39 is 0 Å². The number of thiophene rings is 1. The zero-order valence-corrected chi connectivity index (χ0v) is 14.9. The first-order chi connectivity index (χ1) is 11.7. The molecule has 0 radical (unpaired) electrons. The highest BCUT2D eigenvalue weighted by atomic mass is 35.5. The molecule has 1 amide bonds. The smallest absolute Gasteiger partial charge is 0.257 e. The number of rotatable bonds is 6. The van der Waals surface area contributed by atoms with E-state index in [1.54, 1.807) is 35.6 Å². The van der Waals surface area contributed by atoms with Crippen LogP contribution in [-0.2, 0) is 14.9 Å². The maximum Gasteiger partial charge on any atom is 0.257 e. The molecule has 1 N–H and O–H groups in total. The van der Waals surface area contributed by atoms with E-state index in [1.807, 2.05) is 0 Å². The van der Waals surface area contributed by atoms with E-state index in [0.717, 1.165) is 26.1 Å². The predicted molar refractivity (Wildman–Crippen MR) is 96.0 cm³/mol. The van der Waals surface area contributed by atoms with Gasteiger partial charge in [-0.15, -0.1) is 0 Å². The van der Waals surface area contributed by atoms with Crippen LogP contribution >= 0.6 is 22.9 Å². The molecule has 6 heteroatoms. The fourth-order valence-electron chi connectivity index (χ4n) is 2.89.